The van der Waals surface area contributed by atoms with Gasteiger partial charge in [0.1, 0.15) is 5.01 Å². The van der Waals surface area contributed by atoms with Gasteiger partial charge in [-0.25, -0.2) is 8.42 Å². The van der Waals surface area contributed by atoms with E-state index in [-0.39, 0.29) is 23.8 Å². The van der Waals surface area contributed by atoms with Crippen molar-refractivity contribution in [3.63, 3.8) is 0 Å². The van der Waals surface area contributed by atoms with E-state index in [2.05, 4.69) is 14.9 Å². The van der Waals surface area contributed by atoms with Crippen molar-refractivity contribution in [3.8, 4) is 0 Å². The van der Waals surface area contributed by atoms with Gasteiger partial charge in [-0.2, -0.15) is 0 Å². The molecule has 1 aromatic carbocycles. The van der Waals surface area contributed by atoms with Gasteiger partial charge in [0.2, 0.25) is 21.1 Å². The zero-order valence-electron chi connectivity index (χ0n) is 13.0. The van der Waals surface area contributed by atoms with Gasteiger partial charge in [0.25, 0.3) is 0 Å². The first-order valence-electron chi connectivity index (χ1n) is 7.06. The summed E-state index contributed by atoms with van der Waals surface area (Å²) >= 11 is 7.01. The number of sulfonamides is 1. The second-order valence-corrected chi connectivity index (χ2v) is 8.18. The van der Waals surface area contributed by atoms with E-state index in [0.29, 0.717) is 10.0 Å². The average molecular weight is 402 g/mol. The minimum Gasteiger partial charge on any atom is -0.369 e. The van der Waals surface area contributed by atoms with Crippen LogP contribution in [0.3, 0.4) is 0 Å². The molecular formula is C14H16ClN5O3S2. The van der Waals surface area contributed by atoms with Crippen LogP contribution in [0.1, 0.15) is 16.1 Å². The number of anilines is 1. The number of nitrogens with one attached hydrogen (secondary N) is 1. The Morgan fingerprint density at radius 1 is 1.36 bits per heavy atom. The summed E-state index contributed by atoms with van der Waals surface area (Å²) in [6, 6.07) is 5.28. The Hall–Kier alpha value is -2.01. The highest BCUT2D eigenvalue weighted by Gasteiger charge is 2.13. The van der Waals surface area contributed by atoms with E-state index in [0.717, 1.165) is 22.5 Å². The number of carbonyl (C=O) groups is 1. The third-order valence-corrected chi connectivity index (χ3v) is 5.47. The maximum atomic E-state index is 12.1. The Balaban J connectivity index is 2.03. The summed E-state index contributed by atoms with van der Waals surface area (Å²) in [6.07, 6.45) is 3.04. The zero-order valence-corrected chi connectivity index (χ0v) is 15.4. The lowest BCUT2D eigenvalue weighted by atomic mass is 10.1. The summed E-state index contributed by atoms with van der Waals surface area (Å²) < 4.78 is 26.5. The molecule has 0 aliphatic heterocycles. The molecule has 1 amide bonds. The maximum Gasteiger partial charge on any atom is 0.238 e. The van der Waals surface area contributed by atoms with Crippen LogP contribution >= 0.6 is 22.9 Å². The molecule has 0 aliphatic carbocycles. The number of carbonyl (C=O) groups excluding carboxylic acids is 1. The van der Waals surface area contributed by atoms with Crippen LogP contribution in [0.15, 0.2) is 24.3 Å². The fourth-order valence-corrected chi connectivity index (χ4v) is 4.09. The van der Waals surface area contributed by atoms with Gasteiger partial charge in [-0.3, -0.25) is 9.52 Å². The number of primary amides is 1. The van der Waals surface area contributed by atoms with Crippen LogP contribution in [-0.4, -0.2) is 30.3 Å². The highest BCUT2D eigenvalue weighted by atomic mass is 35.5. The monoisotopic (exact) mass is 401 g/mol. The predicted molar refractivity (Wildman–Crippen MR) is 98.6 cm³/mol. The topological polar surface area (TPSA) is 141 Å². The second-order valence-electron chi connectivity index (χ2n) is 4.94. The molecule has 134 valence electrons. The number of halogens is 1. The van der Waals surface area contributed by atoms with Gasteiger partial charge >= 0.3 is 0 Å². The van der Waals surface area contributed by atoms with Crippen molar-refractivity contribution < 1.29 is 13.2 Å². The van der Waals surface area contributed by atoms with Gasteiger partial charge in [-0.05, 0) is 17.2 Å². The molecule has 0 saturated heterocycles. The van der Waals surface area contributed by atoms with E-state index in [1.807, 2.05) is 0 Å². The lowest BCUT2D eigenvalue weighted by molar-refractivity contribution is -0.117. The van der Waals surface area contributed by atoms with Crippen LogP contribution < -0.4 is 16.2 Å². The Morgan fingerprint density at radius 3 is 2.80 bits per heavy atom. The number of nitrogens with two attached hydrogens (primary N) is 2. The summed E-state index contributed by atoms with van der Waals surface area (Å²) in [6.45, 7) is 0.248. The highest BCUT2D eigenvalue weighted by Crippen LogP contribution is 2.21. The van der Waals surface area contributed by atoms with Gasteiger partial charge in [-0.1, -0.05) is 47.2 Å². The van der Waals surface area contributed by atoms with Crippen LogP contribution in [0.2, 0.25) is 5.02 Å². The molecule has 0 radical (unpaired) electrons. The minimum atomic E-state index is -3.66. The van der Waals surface area contributed by atoms with Crippen molar-refractivity contribution in [2.24, 2.45) is 11.5 Å². The molecule has 0 atom stereocenters. The van der Waals surface area contributed by atoms with E-state index < -0.39 is 15.9 Å². The lowest BCUT2D eigenvalue weighted by Crippen LogP contribution is -2.15. The van der Waals surface area contributed by atoms with E-state index in [1.165, 1.54) is 6.08 Å². The Morgan fingerprint density at radius 2 is 2.12 bits per heavy atom. The largest absolute Gasteiger partial charge is 0.369 e. The van der Waals surface area contributed by atoms with Gasteiger partial charge in [-0.15, -0.1) is 10.2 Å². The van der Waals surface area contributed by atoms with Crippen molar-refractivity contribution in [3.05, 3.63) is 45.4 Å². The standard InChI is InChI=1S/C14H16ClN5O3S2/c15-11-5-1-3-9(10(11)8-16)4-2-6-25(22,23)20-14-19-18-13(24-14)7-12(17)21/h1-5H,6-8,16H2,(H2,17,21)(H,19,20). The molecule has 25 heavy (non-hydrogen) atoms. The summed E-state index contributed by atoms with van der Waals surface area (Å²) in [7, 11) is -3.66. The first-order chi connectivity index (χ1) is 11.8. The molecule has 8 nitrogen and oxygen atoms in total. The molecule has 1 aromatic heterocycles. The number of benzene rings is 1. The van der Waals surface area contributed by atoms with Crippen LogP contribution in [0.4, 0.5) is 5.13 Å². The van der Waals surface area contributed by atoms with Gasteiger partial charge in [0, 0.05) is 11.6 Å². The fourth-order valence-electron chi connectivity index (χ4n) is 1.94. The smallest absolute Gasteiger partial charge is 0.238 e. The van der Waals surface area contributed by atoms with Gasteiger partial charge < -0.3 is 11.5 Å². The third-order valence-electron chi connectivity index (χ3n) is 3.01. The summed E-state index contributed by atoms with van der Waals surface area (Å²) in [4.78, 5) is 10.8. The first kappa shape index (κ1) is 19.3. The maximum absolute atomic E-state index is 12.1. The second kappa shape index (κ2) is 8.39. The van der Waals surface area contributed by atoms with Crippen molar-refractivity contribution >= 4 is 50.1 Å². The molecule has 0 aliphatic rings. The Labute approximate surface area is 153 Å². The van der Waals surface area contributed by atoms with E-state index in [4.69, 9.17) is 23.1 Å². The normalized spacial score (nSPS) is 11.8. The Kier molecular flexibility index (Phi) is 6.48. The molecule has 2 rings (SSSR count). The van der Waals surface area contributed by atoms with E-state index in [1.54, 1.807) is 24.3 Å². The van der Waals surface area contributed by atoms with Crippen molar-refractivity contribution in [1.82, 2.24) is 10.2 Å². The molecule has 5 N–H and O–H groups in total. The number of hydrogen-bond donors (Lipinski definition) is 3. The molecule has 0 spiro atoms. The number of aromatic nitrogens is 2. The van der Waals surface area contributed by atoms with Crippen LogP contribution in [0, 0.1) is 0 Å². The van der Waals surface area contributed by atoms with Crippen LogP contribution in [0.25, 0.3) is 6.08 Å². The van der Waals surface area contributed by atoms with Crippen LogP contribution in [0.5, 0.6) is 0 Å². The van der Waals surface area contributed by atoms with Gasteiger partial charge in [0.05, 0.1) is 12.2 Å². The molecule has 11 heteroatoms. The minimum absolute atomic E-state index is 0.0788. The van der Waals surface area contributed by atoms with Crippen LogP contribution in [-0.2, 0) is 27.8 Å². The Bertz CT molecular complexity index is 896. The molecule has 0 fully saturated rings. The number of nitrogens with zero attached hydrogens (tertiary/aromatic N) is 2. The van der Waals surface area contributed by atoms with Crippen molar-refractivity contribution in [2.75, 3.05) is 10.5 Å². The summed E-state index contributed by atoms with van der Waals surface area (Å²) in [5, 5.41) is 8.31. The molecule has 1 heterocycles. The predicted octanol–water partition coefficient (Wildman–Crippen LogP) is 1.13. The van der Waals surface area contributed by atoms with Gasteiger partial charge in [0.15, 0.2) is 0 Å². The summed E-state index contributed by atoms with van der Waals surface area (Å²) in [5.74, 6) is -0.834. The fraction of sp³-hybridized carbons (Fsp3) is 0.214. The lowest BCUT2D eigenvalue weighted by Gasteiger charge is -2.05. The molecule has 0 unspecified atom stereocenters. The van der Waals surface area contributed by atoms with E-state index >= 15 is 0 Å². The third kappa shape index (κ3) is 5.78. The first-order valence-corrected chi connectivity index (χ1v) is 9.90. The molecular weight excluding hydrogens is 386 g/mol. The summed E-state index contributed by atoms with van der Waals surface area (Å²) in [5.41, 5.74) is 12.2. The molecule has 2 aromatic rings. The molecule has 0 saturated carbocycles. The quantitative estimate of drug-likeness (QED) is 0.605. The zero-order chi connectivity index (χ0) is 18.4. The molecule has 0 bridgehead atoms. The highest BCUT2D eigenvalue weighted by molar-refractivity contribution is 7.93. The number of amides is 1. The van der Waals surface area contributed by atoms with Crippen molar-refractivity contribution in [2.45, 2.75) is 13.0 Å². The average Bonchev–Trinajstić information content (AvgIpc) is 2.92. The van der Waals surface area contributed by atoms with Crippen molar-refractivity contribution in [1.29, 1.82) is 0 Å². The SMILES string of the molecule is NCc1c(Cl)cccc1C=CCS(=O)(=O)Nc1nnc(CC(N)=O)s1. The van der Waals surface area contributed by atoms with E-state index in [9.17, 15) is 13.2 Å². The number of rotatable bonds is 8. The number of hydrogen-bond acceptors (Lipinski definition) is 7.